The van der Waals surface area contributed by atoms with Crippen LogP contribution in [-0.2, 0) is 14.3 Å². The van der Waals surface area contributed by atoms with Crippen LogP contribution >= 0.6 is 11.6 Å². The van der Waals surface area contributed by atoms with Crippen LogP contribution in [0, 0.1) is 6.92 Å². The van der Waals surface area contributed by atoms with Crippen LogP contribution in [0.25, 0.3) is 5.76 Å². The zero-order valence-corrected chi connectivity index (χ0v) is 17.4. The van der Waals surface area contributed by atoms with Gasteiger partial charge in [-0.1, -0.05) is 29.5 Å². The molecule has 0 saturated carbocycles. The van der Waals surface area contributed by atoms with Gasteiger partial charge in [-0.3, -0.25) is 9.59 Å². The Labute approximate surface area is 179 Å². The molecule has 7 nitrogen and oxygen atoms in total. The molecule has 0 spiro atoms. The first-order valence-electron chi connectivity index (χ1n) is 9.96. The molecule has 1 amide bonds. The van der Waals surface area contributed by atoms with Crippen LogP contribution in [-0.4, -0.2) is 56.0 Å². The molecule has 1 N–H and O–H groups in total. The number of Topliss-reactive ketones (excluding diaryl/α,β-unsaturated/α-hetero) is 1. The first kappa shape index (κ1) is 20.7. The highest BCUT2D eigenvalue weighted by Crippen LogP contribution is 2.39. The molecule has 2 aliphatic heterocycles. The standard InChI is InChI=1S/C22H23ClN2O5/c1-14-2-7-17(30-14)19-18(20(26)15-3-5-16(23)6-4-15)21(27)22(28)25(19)9-8-24-10-12-29-13-11-24/h2-7,19,26H,8-13H2,1H3/b20-18+. The zero-order chi connectivity index (χ0) is 21.3. The van der Waals surface area contributed by atoms with Gasteiger partial charge in [0, 0.05) is 10.6 Å². The summed E-state index contributed by atoms with van der Waals surface area (Å²) in [5.41, 5.74) is 0.234. The van der Waals surface area contributed by atoms with E-state index in [1.807, 2.05) is 0 Å². The molecule has 3 heterocycles. The first-order valence-corrected chi connectivity index (χ1v) is 10.3. The van der Waals surface area contributed by atoms with Crippen molar-refractivity contribution in [2.75, 3.05) is 39.4 Å². The molecule has 0 bridgehead atoms. The van der Waals surface area contributed by atoms with E-state index in [0.717, 1.165) is 13.1 Å². The molecule has 30 heavy (non-hydrogen) atoms. The van der Waals surface area contributed by atoms with E-state index < -0.39 is 23.5 Å². The van der Waals surface area contributed by atoms with E-state index in [-0.39, 0.29) is 5.57 Å². The van der Waals surface area contributed by atoms with E-state index in [4.69, 9.17) is 20.8 Å². The van der Waals surface area contributed by atoms with Gasteiger partial charge >= 0.3 is 0 Å². The Morgan fingerprint density at radius 1 is 1.17 bits per heavy atom. The lowest BCUT2D eigenvalue weighted by atomic mass is 9.99. The van der Waals surface area contributed by atoms with Gasteiger partial charge in [0.05, 0.1) is 26.3 Å². The number of morpholine rings is 1. The number of likely N-dealkylation sites (tertiary alicyclic amines) is 1. The van der Waals surface area contributed by atoms with E-state index in [2.05, 4.69) is 0 Å². The van der Waals surface area contributed by atoms with Gasteiger partial charge in [-0.2, -0.15) is 0 Å². The molecular formula is C22H23ClN2O5. The van der Waals surface area contributed by atoms with Crippen molar-refractivity contribution in [1.82, 2.24) is 4.90 Å². The molecule has 4 rings (SSSR count). The largest absolute Gasteiger partial charge is 0.872 e. The molecule has 2 saturated heterocycles. The summed E-state index contributed by atoms with van der Waals surface area (Å²) in [6.45, 7) is 5.85. The summed E-state index contributed by atoms with van der Waals surface area (Å²) in [6, 6.07) is 8.93. The fourth-order valence-corrected chi connectivity index (χ4v) is 4.07. The van der Waals surface area contributed by atoms with E-state index in [1.54, 1.807) is 43.3 Å². The van der Waals surface area contributed by atoms with Crippen molar-refractivity contribution in [3.8, 4) is 0 Å². The van der Waals surface area contributed by atoms with Gasteiger partial charge in [-0.25, -0.2) is 0 Å². The van der Waals surface area contributed by atoms with Gasteiger partial charge in [0.1, 0.15) is 30.7 Å². The second kappa shape index (κ2) is 8.63. The summed E-state index contributed by atoms with van der Waals surface area (Å²) in [6.07, 6.45) is 0. The Morgan fingerprint density at radius 3 is 2.50 bits per heavy atom. The van der Waals surface area contributed by atoms with Crippen molar-refractivity contribution >= 4 is 29.1 Å². The number of carbonyl (C=O) groups is 2. The van der Waals surface area contributed by atoms with E-state index in [0.29, 0.717) is 48.4 Å². The summed E-state index contributed by atoms with van der Waals surface area (Å²) < 4.78 is 11.1. The summed E-state index contributed by atoms with van der Waals surface area (Å²) in [5, 5.41) is 13.7. The maximum atomic E-state index is 13.2. The number of amides is 1. The number of furan rings is 1. The average Bonchev–Trinajstić information content (AvgIpc) is 3.28. The Bertz CT molecular complexity index is 976. The molecule has 2 fully saturated rings. The van der Waals surface area contributed by atoms with Crippen molar-refractivity contribution in [2.24, 2.45) is 0 Å². The summed E-state index contributed by atoms with van der Waals surface area (Å²) in [7, 11) is 0. The fraction of sp³-hybridized carbons (Fsp3) is 0.364. The smallest absolute Gasteiger partial charge is 0.295 e. The molecule has 158 valence electrons. The van der Waals surface area contributed by atoms with E-state index >= 15 is 0 Å². The maximum Gasteiger partial charge on any atom is 0.295 e. The summed E-state index contributed by atoms with van der Waals surface area (Å²) in [5.74, 6) is -0.856. The molecular weight excluding hydrogens is 408 g/mol. The zero-order valence-electron chi connectivity index (χ0n) is 16.7. The van der Waals surface area contributed by atoms with Crippen LogP contribution in [0.5, 0.6) is 0 Å². The van der Waals surface area contributed by atoms with Gasteiger partial charge in [0.25, 0.3) is 5.91 Å². The van der Waals surface area contributed by atoms with Crippen LogP contribution in [0.4, 0.5) is 0 Å². The van der Waals surface area contributed by atoms with Crippen molar-refractivity contribution < 1.29 is 28.7 Å². The van der Waals surface area contributed by atoms with Crippen LogP contribution in [0.3, 0.4) is 0 Å². The van der Waals surface area contributed by atoms with Crippen LogP contribution in [0.15, 0.2) is 46.4 Å². The number of hydrogen-bond acceptors (Lipinski definition) is 5. The molecule has 0 aliphatic carbocycles. The second-order valence-corrected chi connectivity index (χ2v) is 7.98. The van der Waals surface area contributed by atoms with Crippen molar-refractivity contribution in [3.63, 3.8) is 0 Å². The summed E-state index contributed by atoms with van der Waals surface area (Å²) in [4.78, 5) is 28.5. The molecule has 0 radical (unpaired) electrons. The second-order valence-electron chi connectivity index (χ2n) is 7.54. The average molecular weight is 431 g/mol. The number of quaternary nitrogens is 1. The molecule has 1 unspecified atom stereocenters. The van der Waals surface area contributed by atoms with Gasteiger partial charge in [-0.05, 0) is 36.8 Å². The Hall–Kier alpha value is -2.61. The van der Waals surface area contributed by atoms with Crippen molar-refractivity contribution in [2.45, 2.75) is 13.0 Å². The van der Waals surface area contributed by atoms with E-state index in [1.165, 1.54) is 9.80 Å². The molecule has 8 heteroatoms. The first-order chi connectivity index (χ1) is 14.5. The van der Waals surface area contributed by atoms with E-state index in [9.17, 15) is 14.7 Å². The number of benzene rings is 1. The number of halogens is 1. The maximum absolute atomic E-state index is 13.2. The normalized spacial score (nSPS) is 22.1. The molecule has 1 aromatic carbocycles. The van der Waals surface area contributed by atoms with Gasteiger partial charge in [0.2, 0.25) is 5.78 Å². The quantitative estimate of drug-likeness (QED) is 0.421. The number of hydrogen-bond donors (Lipinski definition) is 1. The highest BCUT2D eigenvalue weighted by molar-refractivity contribution is 6.46. The lowest BCUT2D eigenvalue weighted by Crippen LogP contribution is -3.14. The summed E-state index contributed by atoms with van der Waals surface area (Å²) >= 11 is 5.92. The van der Waals surface area contributed by atoms with Crippen molar-refractivity contribution in [1.29, 1.82) is 0 Å². The highest BCUT2D eigenvalue weighted by atomic mass is 35.5. The minimum absolute atomic E-state index is 0.0753. The SMILES string of the molecule is Cc1ccc(C2/C(=C(\[O-])c3ccc(Cl)cc3)C(=O)C(=O)N2CC[NH+]2CCOCC2)o1. The number of rotatable bonds is 5. The number of aryl methyl sites for hydroxylation is 1. The van der Waals surface area contributed by atoms with Crippen molar-refractivity contribution in [3.05, 3.63) is 64.1 Å². The number of nitrogens with one attached hydrogen (secondary N) is 1. The Morgan fingerprint density at radius 2 is 1.87 bits per heavy atom. The van der Waals surface area contributed by atoms with Gasteiger partial charge < -0.3 is 24.1 Å². The Kier molecular flexibility index (Phi) is 5.94. The number of ketones is 1. The van der Waals surface area contributed by atoms with Crippen LogP contribution in [0.1, 0.15) is 23.1 Å². The number of ether oxygens (including phenoxy) is 1. The monoisotopic (exact) mass is 430 g/mol. The molecule has 1 aromatic heterocycles. The van der Waals surface area contributed by atoms with Crippen LogP contribution < -0.4 is 10.0 Å². The lowest BCUT2D eigenvalue weighted by Gasteiger charge is -2.29. The lowest BCUT2D eigenvalue weighted by molar-refractivity contribution is -0.907. The number of nitrogens with zero attached hydrogens (tertiary/aromatic N) is 1. The fourth-order valence-electron chi connectivity index (χ4n) is 3.94. The highest BCUT2D eigenvalue weighted by Gasteiger charge is 2.46. The molecule has 1 atom stereocenters. The molecule has 2 aromatic rings. The third-order valence-corrected chi connectivity index (χ3v) is 5.82. The predicted octanol–water partition coefficient (Wildman–Crippen LogP) is 0.381. The molecule has 2 aliphatic rings. The minimum atomic E-state index is -0.831. The van der Waals surface area contributed by atoms with Crippen LogP contribution in [0.2, 0.25) is 5.02 Å². The topological polar surface area (TPSA) is 87.2 Å². The van der Waals surface area contributed by atoms with Gasteiger partial charge in [0.15, 0.2) is 0 Å². The third kappa shape index (κ3) is 4.01. The predicted molar refractivity (Wildman–Crippen MR) is 108 cm³/mol. The number of carbonyl (C=O) groups excluding carboxylic acids is 2. The third-order valence-electron chi connectivity index (χ3n) is 5.57. The van der Waals surface area contributed by atoms with Gasteiger partial charge in [-0.15, -0.1) is 0 Å². The minimum Gasteiger partial charge on any atom is -0.872 e. The Balaban J connectivity index is 1.70.